The van der Waals surface area contributed by atoms with E-state index in [1.54, 1.807) is 17.1 Å². The van der Waals surface area contributed by atoms with E-state index in [1.165, 1.54) is 0 Å². The van der Waals surface area contributed by atoms with E-state index in [4.69, 9.17) is 0 Å². The zero-order valence-electron chi connectivity index (χ0n) is 9.70. The first kappa shape index (κ1) is 10.6. The van der Waals surface area contributed by atoms with Gasteiger partial charge in [-0.05, 0) is 13.0 Å². The summed E-state index contributed by atoms with van der Waals surface area (Å²) in [5.74, 6) is 0.721. The van der Waals surface area contributed by atoms with Gasteiger partial charge in [0.1, 0.15) is 0 Å². The molecule has 5 nitrogen and oxygen atoms in total. The lowest BCUT2D eigenvalue weighted by Crippen LogP contribution is -2.23. The van der Waals surface area contributed by atoms with Crippen molar-refractivity contribution in [3.05, 3.63) is 36.4 Å². The van der Waals surface area contributed by atoms with Crippen LogP contribution in [0.25, 0.3) is 0 Å². The van der Waals surface area contributed by atoms with Crippen LogP contribution in [-0.2, 0) is 7.05 Å². The Morgan fingerprint density at radius 1 is 1.31 bits per heavy atom. The fraction of sp³-hybridized carbons (Fsp3) is 0.364. The summed E-state index contributed by atoms with van der Waals surface area (Å²) in [5, 5.41) is 4.16. The van der Waals surface area contributed by atoms with Crippen LogP contribution >= 0.6 is 0 Å². The molecule has 16 heavy (non-hydrogen) atoms. The minimum atomic E-state index is 0.205. The van der Waals surface area contributed by atoms with Gasteiger partial charge >= 0.3 is 0 Å². The van der Waals surface area contributed by atoms with Gasteiger partial charge in [-0.3, -0.25) is 4.68 Å². The summed E-state index contributed by atoms with van der Waals surface area (Å²) in [6, 6.07) is 2.02. The maximum absolute atomic E-state index is 4.22. The highest BCUT2D eigenvalue weighted by Gasteiger charge is 2.15. The van der Waals surface area contributed by atoms with Crippen LogP contribution in [0.4, 0.5) is 5.95 Å². The highest BCUT2D eigenvalue weighted by molar-refractivity contribution is 5.32. The Morgan fingerprint density at radius 3 is 2.56 bits per heavy atom. The third-order valence-electron chi connectivity index (χ3n) is 2.66. The largest absolute Gasteiger partial charge is 0.337 e. The minimum absolute atomic E-state index is 0.205. The lowest BCUT2D eigenvalue weighted by Gasteiger charge is -2.23. The summed E-state index contributed by atoms with van der Waals surface area (Å²) < 4.78 is 1.80. The van der Waals surface area contributed by atoms with Crippen molar-refractivity contribution < 1.29 is 0 Å². The van der Waals surface area contributed by atoms with Crippen molar-refractivity contribution in [1.29, 1.82) is 0 Å². The normalized spacial score (nSPS) is 12.4. The third kappa shape index (κ3) is 2.03. The van der Waals surface area contributed by atoms with Crippen molar-refractivity contribution >= 4 is 5.95 Å². The molecule has 0 radical (unpaired) electrons. The molecule has 0 N–H and O–H groups in total. The van der Waals surface area contributed by atoms with E-state index in [9.17, 15) is 0 Å². The number of anilines is 1. The Labute approximate surface area is 94.8 Å². The zero-order chi connectivity index (χ0) is 11.5. The molecule has 0 aromatic carbocycles. The van der Waals surface area contributed by atoms with Crippen LogP contribution in [-0.4, -0.2) is 26.8 Å². The van der Waals surface area contributed by atoms with Gasteiger partial charge in [0.15, 0.2) is 0 Å². The van der Waals surface area contributed by atoms with E-state index in [0.717, 1.165) is 11.5 Å². The second kappa shape index (κ2) is 4.30. The van der Waals surface area contributed by atoms with Gasteiger partial charge in [0, 0.05) is 38.2 Å². The molecule has 0 aliphatic heterocycles. The lowest BCUT2D eigenvalue weighted by atomic mass is 10.2. The minimum Gasteiger partial charge on any atom is -0.337 e. The third-order valence-corrected chi connectivity index (χ3v) is 2.66. The van der Waals surface area contributed by atoms with Crippen LogP contribution in [0.1, 0.15) is 18.5 Å². The van der Waals surface area contributed by atoms with E-state index in [-0.39, 0.29) is 6.04 Å². The van der Waals surface area contributed by atoms with E-state index in [0.29, 0.717) is 0 Å². The summed E-state index contributed by atoms with van der Waals surface area (Å²) in [5.41, 5.74) is 1.15. The van der Waals surface area contributed by atoms with Crippen LogP contribution in [0.2, 0.25) is 0 Å². The van der Waals surface area contributed by atoms with E-state index >= 15 is 0 Å². The van der Waals surface area contributed by atoms with Gasteiger partial charge in [0.05, 0.1) is 12.2 Å². The molecular weight excluding hydrogens is 202 g/mol. The number of aromatic nitrogens is 4. The molecule has 0 spiro atoms. The molecule has 2 aromatic heterocycles. The second-order valence-corrected chi connectivity index (χ2v) is 3.78. The fourth-order valence-electron chi connectivity index (χ4n) is 1.53. The van der Waals surface area contributed by atoms with Crippen LogP contribution in [0.3, 0.4) is 0 Å². The average molecular weight is 217 g/mol. The van der Waals surface area contributed by atoms with Crippen LogP contribution in [0, 0.1) is 0 Å². The maximum Gasteiger partial charge on any atom is 0.225 e. The van der Waals surface area contributed by atoms with Crippen molar-refractivity contribution in [3.63, 3.8) is 0 Å². The van der Waals surface area contributed by atoms with Gasteiger partial charge in [-0.2, -0.15) is 5.10 Å². The molecule has 0 saturated carbocycles. The van der Waals surface area contributed by atoms with Crippen molar-refractivity contribution in [2.24, 2.45) is 7.05 Å². The topological polar surface area (TPSA) is 46.8 Å². The van der Waals surface area contributed by atoms with Crippen molar-refractivity contribution in [3.8, 4) is 0 Å². The van der Waals surface area contributed by atoms with Gasteiger partial charge in [0.2, 0.25) is 5.95 Å². The fourth-order valence-corrected chi connectivity index (χ4v) is 1.53. The summed E-state index contributed by atoms with van der Waals surface area (Å²) >= 11 is 0. The number of hydrogen-bond acceptors (Lipinski definition) is 4. The zero-order valence-corrected chi connectivity index (χ0v) is 9.70. The maximum atomic E-state index is 4.22. The molecular formula is C11H15N5. The van der Waals surface area contributed by atoms with E-state index in [1.807, 2.05) is 37.5 Å². The lowest BCUT2D eigenvalue weighted by molar-refractivity contribution is 0.711. The predicted molar refractivity (Wildman–Crippen MR) is 62.1 cm³/mol. The quantitative estimate of drug-likeness (QED) is 0.779. The first-order chi connectivity index (χ1) is 7.68. The highest BCUT2D eigenvalue weighted by atomic mass is 15.3. The standard InChI is InChI=1S/C11H15N5/c1-9(10-7-14-15(2)8-10)16(3)11-12-5-4-6-13-11/h4-9H,1-3H3/t9-/m1/s1. The molecule has 2 rings (SSSR count). The number of nitrogens with zero attached hydrogens (tertiary/aromatic N) is 5. The van der Waals surface area contributed by atoms with Gasteiger partial charge in [0.25, 0.3) is 0 Å². The van der Waals surface area contributed by atoms with E-state index in [2.05, 4.69) is 22.0 Å². The van der Waals surface area contributed by atoms with Gasteiger partial charge < -0.3 is 4.90 Å². The Bertz CT molecular complexity index is 450. The van der Waals surface area contributed by atoms with Gasteiger partial charge in [-0.25, -0.2) is 9.97 Å². The Kier molecular flexibility index (Phi) is 2.85. The van der Waals surface area contributed by atoms with Crippen molar-refractivity contribution in [2.45, 2.75) is 13.0 Å². The molecule has 2 heterocycles. The van der Waals surface area contributed by atoms with Gasteiger partial charge in [-0.15, -0.1) is 0 Å². The summed E-state index contributed by atoms with van der Waals surface area (Å²) in [6.07, 6.45) is 7.36. The number of aryl methyl sites for hydroxylation is 1. The molecule has 0 unspecified atom stereocenters. The molecule has 0 saturated heterocycles. The molecule has 2 aromatic rings. The van der Waals surface area contributed by atoms with Crippen LogP contribution in [0.15, 0.2) is 30.9 Å². The molecule has 0 aliphatic rings. The molecule has 84 valence electrons. The Morgan fingerprint density at radius 2 is 2.00 bits per heavy atom. The molecule has 1 atom stereocenters. The van der Waals surface area contributed by atoms with E-state index < -0.39 is 0 Å². The van der Waals surface area contributed by atoms with Crippen molar-refractivity contribution in [2.75, 3.05) is 11.9 Å². The first-order valence-electron chi connectivity index (χ1n) is 5.17. The Balaban J connectivity index is 2.19. The highest BCUT2D eigenvalue weighted by Crippen LogP contribution is 2.20. The summed E-state index contributed by atoms with van der Waals surface area (Å²) in [4.78, 5) is 10.5. The predicted octanol–water partition coefficient (Wildman–Crippen LogP) is 1.41. The second-order valence-electron chi connectivity index (χ2n) is 3.78. The van der Waals surface area contributed by atoms with Crippen LogP contribution in [0.5, 0.6) is 0 Å². The molecule has 5 heteroatoms. The number of hydrogen-bond donors (Lipinski definition) is 0. The monoisotopic (exact) mass is 217 g/mol. The van der Waals surface area contributed by atoms with Gasteiger partial charge in [-0.1, -0.05) is 0 Å². The van der Waals surface area contributed by atoms with Crippen molar-refractivity contribution in [1.82, 2.24) is 19.7 Å². The molecule has 0 fully saturated rings. The number of rotatable bonds is 3. The van der Waals surface area contributed by atoms with Crippen LogP contribution < -0.4 is 4.90 Å². The molecule has 0 amide bonds. The SMILES string of the molecule is C[C@H](c1cnn(C)c1)N(C)c1ncccn1. The Hall–Kier alpha value is -1.91. The molecule has 0 bridgehead atoms. The summed E-state index contributed by atoms with van der Waals surface area (Å²) in [7, 11) is 3.89. The average Bonchev–Trinajstić information content (AvgIpc) is 2.75. The first-order valence-corrected chi connectivity index (χ1v) is 5.17. The molecule has 0 aliphatic carbocycles. The summed E-state index contributed by atoms with van der Waals surface area (Å²) in [6.45, 7) is 2.10. The smallest absolute Gasteiger partial charge is 0.225 e.